The van der Waals surface area contributed by atoms with Crippen LogP contribution in [0.4, 0.5) is 18.0 Å². The summed E-state index contributed by atoms with van der Waals surface area (Å²) < 4.78 is 46.4. The van der Waals surface area contributed by atoms with E-state index in [4.69, 9.17) is 4.74 Å². The molecule has 1 amide bonds. The molecule has 0 spiro atoms. The number of benzene rings is 1. The minimum atomic E-state index is -1.50. The second-order valence-corrected chi connectivity index (χ2v) is 6.87. The van der Waals surface area contributed by atoms with E-state index in [1.807, 2.05) is 0 Å². The monoisotopic (exact) mass is 329 g/mol. The fourth-order valence-electron chi connectivity index (χ4n) is 2.68. The van der Waals surface area contributed by atoms with Gasteiger partial charge in [0.25, 0.3) is 0 Å². The summed E-state index contributed by atoms with van der Waals surface area (Å²) in [6, 6.07) is 2.90. The summed E-state index contributed by atoms with van der Waals surface area (Å²) in [5.74, 6) is -1.99. The number of likely N-dealkylation sites (tertiary alicyclic amines) is 1. The third-order valence-corrected chi connectivity index (χ3v) is 3.86. The van der Waals surface area contributed by atoms with Crippen LogP contribution in [-0.4, -0.2) is 29.7 Å². The molecule has 0 N–H and O–H groups in total. The summed E-state index contributed by atoms with van der Waals surface area (Å²) in [6.07, 6.45) is -1.09. The van der Waals surface area contributed by atoms with Gasteiger partial charge in [-0.3, -0.25) is 0 Å². The Kier molecular flexibility index (Phi) is 5.22. The summed E-state index contributed by atoms with van der Waals surface area (Å²) in [6.45, 7) is 6.08. The van der Waals surface area contributed by atoms with E-state index in [2.05, 4.69) is 0 Å². The van der Waals surface area contributed by atoms with Crippen LogP contribution in [0, 0.1) is 17.6 Å². The Morgan fingerprint density at radius 2 is 1.87 bits per heavy atom. The number of carbonyl (C=O) groups excluding carboxylic acids is 1. The van der Waals surface area contributed by atoms with Gasteiger partial charge in [0, 0.05) is 24.7 Å². The molecule has 128 valence electrons. The van der Waals surface area contributed by atoms with Crippen LogP contribution >= 0.6 is 0 Å². The van der Waals surface area contributed by atoms with Crippen LogP contribution in [0.15, 0.2) is 18.2 Å². The van der Waals surface area contributed by atoms with Gasteiger partial charge >= 0.3 is 6.09 Å². The molecular weight excluding hydrogens is 307 g/mol. The fourth-order valence-corrected chi connectivity index (χ4v) is 2.68. The highest BCUT2D eigenvalue weighted by Crippen LogP contribution is 2.35. The molecule has 1 heterocycles. The summed E-state index contributed by atoms with van der Waals surface area (Å²) in [5, 5.41) is 0. The average Bonchev–Trinajstić information content (AvgIpc) is 2.45. The van der Waals surface area contributed by atoms with Gasteiger partial charge in [0.15, 0.2) is 0 Å². The number of amides is 1. The first-order chi connectivity index (χ1) is 10.7. The first-order valence-electron chi connectivity index (χ1n) is 7.74. The van der Waals surface area contributed by atoms with Crippen molar-refractivity contribution in [2.24, 2.45) is 5.92 Å². The molecule has 0 saturated carbocycles. The summed E-state index contributed by atoms with van der Waals surface area (Å²) in [5.41, 5.74) is -0.699. The van der Waals surface area contributed by atoms with Crippen molar-refractivity contribution in [1.82, 2.24) is 4.90 Å². The van der Waals surface area contributed by atoms with Gasteiger partial charge in [0.1, 0.15) is 23.4 Å². The van der Waals surface area contributed by atoms with Crippen molar-refractivity contribution in [1.29, 1.82) is 0 Å². The van der Waals surface area contributed by atoms with E-state index in [9.17, 15) is 18.0 Å². The van der Waals surface area contributed by atoms with E-state index in [0.29, 0.717) is 32.0 Å². The molecule has 3 nitrogen and oxygen atoms in total. The fraction of sp³-hybridized carbons (Fsp3) is 0.588. The molecule has 0 aliphatic carbocycles. The second kappa shape index (κ2) is 6.81. The molecule has 6 heteroatoms. The van der Waals surface area contributed by atoms with Gasteiger partial charge in [0.05, 0.1) is 0 Å². The molecule has 0 bridgehead atoms. The van der Waals surface area contributed by atoms with E-state index in [-0.39, 0.29) is 5.56 Å². The van der Waals surface area contributed by atoms with Crippen LogP contribution in [-0.2, 0) is 4.74 Å². The van der Waals surface area contributed by atoms with Gasteiger partial charge in [-0.25, -0.2) is 18.0 Å². The number of alkyl halides is 1. The number of rotatable bonds is 2. The molecule has 0 unspecified atom stereocenters. The van der Waals surface area contributed by atoms with Gasteiger partial charge in [-0.1, -0.05) is 6.07 Å². The molecule has 1 aromatic carbocycles. The topological polar surface area (TPSA) is 29.5 Å². The zero-order chi connectivity index (χ0) is 17.2. The largest absolute Gasteiger partial charge is 0.444 e. The standard InChI is InChI=1S/C17H22F3NO2/c1-17(2,3)23-16(22)21-8-6-11(7-9-21)15(20)13-5-4-12(18)10-14(13)19/h4-5,10-11,15H,6-9H2,1-3H3/t15-/m1/s1. The van der Waals surface area contributed by atoms with Crippen LogP contribution < -0.4 is 0 Å². The van der Waals surface area contributed by atoms with E-state index in [1.54, 1.807) is 20.8 Å². The Bertz CT molecular complexity index is 563. The van der Waals surface area contributed by atoms with Gasteiger partial charge in [0.2, 0.25) is 0 Å². The molecule has 1 atom stereocenters. The van der Waals surface area contributed by atoms with Crippen LogP contribution in [0.1, 0.15) is 45.3 Å². The Morgan fingerprint density at radius 3 is 2.39 bits per heavy atom. The number of nitrogens with zero attached hydrogens (tertiary/aromatic N) is 1. The highest BCUT2D eigenvalue weighted by atomic mass is 19.1. The van der Waals surface area contributed by atoms with Crippen LogP contribution in [0.2, 0.25) is 0 Å². The minimum Gasteiger partial charge on any atom is -0.444 e. The lowest BCUT2D eigenvalue weighted by Crippen LogP contribution is -2.42. The van der Waals surface area contributed by atoms with Crippen LogP contribution in [0.3, 0.4) is 0 Å². The van der Waals surface area contributed by atoms with Crippen molar-refractivity contribution < 1.29 is 22.7 Å². The lowest BCUT2D eigenvalue weighted by Gasteiger charge is -2.34. The lowest BCUT2D eigenvalue weighted by molar-refractivity contribution is 0.0142. The third-order valence-electron chi connectivity index (χ3n) is 3.86. The molecule has 0 aromatic heterocycles. The summed E-state index contributed by atoms with van der Waals surface area (Å²) >= 11 is 0. The smallest absolute Gasteiger partial charge is 0.410 e. The zero-order valence-electron chi connectivity index (χ0n) is 13.6. The third kappa shape index (κ3) is 4.62. The lowest BCUT2D eigenvalue weighted by atomic mass is 9.88. The van der Waals surface area contributed by atoms with Crippen molar-refractivity contribution in [2.75, 3.05) is 13.1 Å². The van der Waals surface area contributed by atoms with E-state index >= 15 is 0 Å². The normalized spacial score (nSPS) is 17.9. The molecule has 0 radical (unpaired) electrons. The van der Waals surface area contributed by atoms with Crippen LogP contribution in [0.25, 0.3) is 0 Å². The van der Waals surface area contributed by atoms with E-state index in [0.717, 1.165) is 12.1 Å². The molecule has 1 aromatic rings. The number of piperidine rings is 1. The number of ether oxygens (including phenoxy) is 1. The van der Waals surface area contributed by atoms with Crippen molar-refractivity contribution in [3.8, 4) is 0 Å². The maximum absolute atomic E-state index is 14.5. The first kappa shape index (κ1) is 17.6. The van der Waals surface area contributed by atoms with Crippen molar-refractivity contribution in [3.63, 3.8) is 0 Å². The van der Waals surface area contributed by atoms with Crippen molar-refractivity contribution in [2.45, 2.75) is 45.4 Å². The SMILES string of the molecule is CC(C)(C)OC(=O)N1CCC([C@@H](F)c2ccc(F)cc2F)CC1. The van der Waals surface area contributed by atoms with Crippen LogP contribution in [0.5, 0.6) is 0 Å². The maximum atomic E-state index is 14.5. The Balaban J connectivity index is 1.95. The van der Waals surface area contributed by atoms with Gasteiger partial charge in [-0.15, -0.1) is 0 Å². The highest BCUT2D eigenvalue weighted by molar-refractivity contribution is 5.68. The average molecular weight is 329 g/mol. The number of hydrogen-bond donors (Lipinski definition) is 0. The molecule has 1 aliphatic rings. The molecule has 1 fully saturated rings. The Labute approximate surface area is 134 Å². The van der Waals surface area contributed by atoms with Gasteiger partial charge in [-0.2, -0.15) is 0 Å². The Hall–Kier alpha value is -1.72. The van der Waals surface area contributed by atoms with Gasteiger partial charge in [-0.05, 0) is 45.6 Å². The molecule has 1 aliphatic heterocycles. The second-order valence-electron chi connectivity index (χ2n) is 6.87. The summed E-state index contributed by atoms with van der Waals surface area (Å²) in [4.78, 5) is 13.5. The van der Waals surface area contributed by atoms with E-state index < -0.39 is 35.4 Å². The predicted octanol–water partition coefficient (Wildman–Crippen LogP) is 4.62. The highest BCUT2D eigenvalue weighted by Gasteiger charge is 2.32. The summed E-state index contributed by atoms with van der Waals surface area (Å²) in [7, 11) is 0. The Morgan fingerprint density at radius 1 is 1.26 bits per heavy atom. The molecule has 23 heavy (non-hydrogen) atoms. The first-order valence-corrected chi connectivity index (χ1v) is 7.74. The van der Waals surface area contributed by atoms with E-state index in [1.165, 1.54) is 4.90 Å². The molecule has 1 saturated heterocycles. The number of hydrogen-bond acceptors (Lipinski definition) is 2. The molecule has 2 rings (SSSR count). The predicted molar refractivity (Wildman–Crippen MR) is 80.7 cm³/mol. The molecular formula is C17H22F3NO2. The maximum Gasteiger partial charge on any atom is 0.410 e. The number of carbonyl (C=O) groups is 1. The number of halogens is 3. The van der Waals surface area contributed by atoms with Gasteiger partial charge < -0.3 is 9.64 Å². The van der Waals surface area contributed by atoms with Crippen molar-refractivity contribution >= 4 is 6.09 Å². The quantitative estimate of drug-likeness (QED) is 0.792. The zero-order valence-corrected chi connectivity index (χ0v) is 13.6. The minimum absolute atomic E-state index is 0.123. The van der Waals surface area contributed by atoms with Crippen molar-refractivity contribution in [3.05, 3.63) is 35.4 Å².